The lowest BCUT2D eigenvalue weighted by molar-refractivity contribution is -0.146. The van der Waals surface area contributed by atoms with E-state index in [4.69, 9.17) is 5.73 Å². The summed E-state index contributed by atoms with van der Waals surface area (Å²) in [5.41, 5.74) is 8.09. The Bertz CT molecular complexity index is 1080. The number of carboxylic acid groups (broad SMARTS) is 1. The average Bonchev–Trinajstić information content (AvgIpc) is 3.39. The Labute approximate surface area is 224 Å². The molecule has 0 aromatic heterocycles. The van der Waals surface area contributed by atoms with E-state index in [1.165, 1.54) is 4.90 Å². The third-order valence-corrected chi connectivity index (χ3v) is 6.69. The van der Waals surface area contributed by atoms with Gasteiger partial charge in [0, 0.05) is 32.0 Å². The number of hydrogen-bond acceptors (Lipinski definition) is 5. The molecule has 1 fully saturated rings. The predicted molar refractivity (Wildman–Crippen MR) is 144 cm³/mol. The molecule has 3 atom stereocenters. The second-order valence-corrected chi connectivity index (χ2v) is 9.81. The molecule has 204 valence electrons. The van der Waals surface area contributed by atoms with Crippen LogP contribution in [0.4, 0.5) is 0 Å². The minimum atomic E-state index is -1.14. The number of nitrogens with two attached hydrogens (primary N) is 1. The minimum absolute atomic E-state index is 0.132. The number of benzene rings is 2. The number of amides is 3. The molecule has 38 heavy (non-hydrogen) atoms. The number of carboxylic acids is 1. The number of carbonyl (C=O) groups is 4. The fourth-order valence-electron chi connectivity index (χ4n) is 4.86. The van der Waals surface area contributed by atoms with Crippen LogP contribution in [0.15, 0.2) is 60.7 Å². The maximum atomic E-state index is 13.5. The number of carbonyl (C=O) groups excluding carboxylic acids is 3. The average molecular weight is 523 g/mol. The molecule has 1 aliphatic heterocycles. The summed E-state index contributed by atoms with van der Waals surface area (Å²) in [6.07, 6.45) is 2.67. The van der Waals surface area contributed by atoms with Gasteiger partial charge in [-0.1, -0.05) is 67.6 Å². The summed E-state index contributed by atoms with van der Waals surface area (Å²) in [6.45, 7) is 2.43. The van der Waals surface area contributed by atoms with Crippen LogP contribution in [0.3, 0.4) is 0 Å². The fourth-order valence-corrected chi connectivity index (χ4v) is 4.86. The van der Waals surface area contributed by atoms with E-state index in [-0.39, 0.29) is 37.2 Å². The van der Waals surface area contributed by atoms with Gasteiger partial charge in [0.2, 0.25) is 17.7 Å². The first-order valence-electron chi connectivity index (χ1n) is 13.2. The zero-order chi connectivity index (χ0) is 27.5. The molecule has 9 heteroatoms. The minimum Gasteiger partial charge on any atom is -0.480 e. The molecule has 3 rings (SSSR count). The first-order chi connectivity index (χ1) is 18.3. The summed E-state index contributed by atoms with van der Waals surface area (Å²) in [6, 6.07) is 16.6. The van der Waals surface area contributed by atoms with Crippen LogP contribution in [0, 0.1) is 0 Å². The van der Waals surface area contributed by atoms with E-state index in [2.05, 4.69) is 5.32 Å². The quantitative estimate of drug-likeness (QED) is 0.369. The van der Waals surface area contributed by atoms with Crippen molar-refractivity contribution in [3.8, 4) is 0 Å². The lowest BCUT2D eigenvalue weighted by Gasteiger charge is -2.31. The fraction of sp³-hybridized carbons (Fsp3) is 0.448. The van der Waals surface area contributed by atoms with E-state index in [0.29, 0.717) is 38.8 Å². The number of aliphatic carboxylic acids is 1. The summed E-state index contributed by atoms with van der Waals surface area (Å²) in [5, 5.41) is 12.2. The van der Waals surface area contributed by atoms with Crippen LogP contribution in [0.25, 0.3) is 0 Å². The van der Waals surface area contributed by atoms with Gasteiger partial charge in [-0.05, 0) is 36.8 Å². The van der Waals surface area contributed by atoms with Gasteiger partial charge < -0.3 is 26.0 Å². The molecule has 2 aromatic rings. The number of likely N-dealkylation sites (tertiary alicyclic amines) is 1. The highest BCUT2D eigenvalue weighted by Gasteiger charge is 2.37. The highest BCUT2D eigenvalue weighted by Crippen LogP contribution is 2.21. The second-order valence-electron chi connectivity index (χ2n) is 9.81. The SMILES string of the molecule is CCCN(CC(=O)NC(Cc1ccccc1)C(=O)O)C(=O)C1CCCN1C(=O)CC(N)Cc1ccccc1. The normalized spacial score (nSPS) is 16.5. The highest BCUT2D eigenvalue weighted by molar-refractivity contribution is 5.92. The molecule has 0 aliphatic carbocycles. The Kier molecular flexibility index (Phi) is 10.8. The van der Waals surface area contributed by atoms with Crippen LogP contribution in [-0.4, -0.2) is 76.4 Å². The Hall–Kier alpha value is -3.72. The summed E-state index contributed by atoms with van der Waals surface area (Å²) < 4.78 is 0. The molecule has 3 unspecified atom stereocenters. The predicted octanol–water partition coefficient (Wildman–Crippen LogP) is 1.99. The van der Waals surface area contributed by atoms with E-state index in [9.17, 15) is 24.3 Å². The number of hydrogen-bond donors (Lipinski definition) is 3. The molecular formula is C29H38N4O5. The molecule has 0 spiro atoms. The van der Waals surface area contributed by atoms with Crippen molar-refractivity contribution >= 4 is 23.7 Å². The van der Waals surface area contributed by atoms with Crippen LogP contribution in [-0.2, 0) is 32.0 Å². The zero-order valence-corrected chi connectivity index (χ0v) is 21.9. The van der Waals surface area contributed by atoms with Crippen LogP contribution < -0.4 is 11.1 Å². The maximum Gasteiger partial charge on any atom is 0.326 e. The smallest absolute Gasteiger partial charge is 0.326 e. The standard InChI is InChI=1S/C29H38N4O5/c1-2-15-32(20-26(34)31-24(29(37)38)18-22-12-7-4-8-13-22)28(36)25-14-9-16-33(25)27(35)19-23(30)17-21-10-5-3-6-11-21/h3-8,10-13,23-25H,2,9,14-20,30H2,1H3,(H,31,34)(H,37,38). The van der Waals surface area contributed by atoms with E-state index in [1.807, 2.05) is 43.3 Å². The van der Waals surface area contributed by atoms with Crippen molar-refractivity contribution in [2.24, 2.45) is 5.73 Å². The molecule has 1 aliphatic rings. The van der Waals surface area contributed by atoms with Crippen molar-refractivity contribution in [3.63, 3.8) is 0 Å². The summed E-state index contributed by atoms with van der Waals surface area (Å²) >= 11 is 0. The number of rotatable bonds is 13. The second kappa shape index (κ2) is 14.3. The Morgan fingerprint density at radius 3 is 2.21 bits per heavy atom. The molecule has 1 heterocycles. The van der Waals surface area contributed by atoms with Crippen molar-refractivity contribution < 1.29 is 24.3 Å². The van der Waals surface area contributed by atoms with Gasteiger partial charge in [-0.25, -0.2) is 4.79 Å². The van der Waals surface area contributed by atoms with Crippen molar-refractivity contribution in [3.05, 3.63) is 71.8 Å². The molecule has 0 saturated carbocycles. The Morgan fingerprint density at radius 1 is 1.03 bits per heavy atom. The van der Waals surface area contributed by atoms with Gasteiger partial charge >= 0.3 is 5.97 Å². The zero-order valence-electron chi connectivity index (χ0n) is 21.9. The summed E-state index contributed by atoms with van der Waals surface area (Å²) in [5.74, 6) is -2.15. The molecule has 3 amide bonds. The monoisotopic (exact) mass is 522 g/mol. The van der Waals surface area contributed by atoms with Crippen molar-refractivity contribution in [1.82, 2.24) is 15.1 Å². The molecular weight excluding hydrogens is 484 g/mol. The van der Waals surface area contributed by atoms with Crippen molar-refractivity contribution in [2.45, 2.75) is 63.6 Å². The van der Waals surface area contributed by atoms with Crippen molar-refractivity contribution in [2.75, 3.05) is 19.6 Å². The largest absolute Gasteiger partial charge is 0.480 e. The van der Waals surface area contributed by atoms with Crippen molar-refractivity contribution in [1.29, 1.82) is 0 Å². The molecule has 0 radical (unpaired) electrons. The Morgan fingerprint density at radius 2 is 1.63 bits per heavy atom. The molecule has 1 saturated heterocycles. The highest BCUT2D eigenvalue weighted by atomic mass is 16.4. The van der Waals surface area contributed by atoms with E-state index >= 15 is 0 Å². The van der Waals surface area contributed by atoms with Gasteiger partial charge in [0.1, 0.15) is 12.1 Å². The van der Waals surface area contributed by atoms with Gasteiger partial charge in [0.05, 0.1) is 6.54 Å². The molecule has 2 aromatic carbocycles. The van der Waals surface area contributed by atoms with Gasteiger partial charge in [0.15, 0.2) is 0 Å². The van der Waals surface area contributed by atoms with Gasteiger partial charge in [-0.3, -0.25) is 14.4 Å². The summed E-state index contributed by atoms with van der Waals surface area (Å²) in [7, 11) is 0. The third kappa shape index (κ3) is 8.41. The Balaban J connectivity index is 1.60. The molecule has 0 bridgehead atoms. The van der Waals surface area contributed by atoms with Crippen LogP contribution in [0.1, 0.15) is 43.7 Å². The van der Waals surface area contributed by atoms with Crippen LogP contribution in [0.2, 0.25) is 0 Å². The summed E-state index contributed by atoms with van der Waals surface area (Å²) in [4.78, 5) is 54.2. The lowest BCUT2D eigenvalue weighted by atomic mass is 10.0. The molecule has 4 N–H and O–H groups in total. The third-order valence-electron chi connectivity index (χ3n) is 6.69. The number of nitrogens with one attached hydrogen (secondary N) is 1. The van der Waals surface area contributed by atoms with E-state index < -0.39 is 24.0 Å². The van der Waals surface area contributed by atoms with Crippen LogP contribution in [0.5, 0.6) is 0 Å². The maximum absolute atomic E-state index is 13.5. The van der Waals surface area contributed by atoms with Crippen LogP contribution >= 0.6 is 0 Å². The first-order valence-corrected chi connectivity index (χ1v) is 13.2. The first kappa shape index (κ1) is 28.8. The van der Waals surface area contributed by atoms with E-state index in [1.54, 1.807) is 29.2 Å². The molecule has 9 nitrogen and oxygen atoms in total. The van der Waals surface area contributed by atoms with Gasteiger partial charge in [-0.15, -0.1) is 0 Å². The topological polar surface area (TPSA) is 133 Å². The number of nitrogens with zero attached hydrogens (tertiary/aromatic N) is 2. The van der Waals surface area contributed by atoms with Gasteiger partial charge in [-0.2, -0.15) is 0 Å². The lowest BCUT2D eigenvalue weighted by Crippen LogP contribution is -2.52. The van der Waals surface area contributed by atoms with Gasteiger partial charge in [0.25, 0.3) is 0 Å². The van der Waals surface area contributed by atoms with E-state index in [0.717, 1.165) is 11.1 Å².